The summed E-state index contributed by atoms with van der Waals surface area (Å²) in [7, 11) is 0. The van der Waals surface area contributed by atoms with Crippen LogP contribution in [0, 0.1) is 5.82 Å². The molecule has 0 fully saturated rings. The number of hydrogen-bond donors (Lipinski definition) is 2. The SMILES string of the molecule is O=C(NCCc1ccccc1F)NCc1ccc(N2CCc3ccccc3C2)nc1. The summed E-state index contributed by atoms with van der Waals surface area (Å²) in [6.07, 6.45) is 3.28. The third-order valence-electron chi connectivity index (χ3n) is 5.35. The van der Waals surface area contributed by atoms with Crippen molar-refractivity contribution >= 4 is 11.8 Å². The molecule has 0 atom stereocenters. The predicted octanol–water partition coefficient (Wildman–Crippen LogP) is 3.83. The van der Waals surface area contributed by atoms with Gasteiger partial charge in [0.2, 0.25) is 0 Å². The number of fused-ring (bicyclic) bond motifs is 1. The number of hydrogen-bond acceptors (Lipinski definition) is 3. The van der Waals surface area contributed by atoms with Crippen LogP contribution in [0.5, 0.6) is 0 Å². The highest BCUT2D eigenvalue weighted by Gasteiger charge is 2.16. The number of anilines is 1. The van der Waals surface area contributed by atoms with Gasteiger partial charge in [-0.25, -0.2) is 14.2 Å². The summed E-state index contributed by atoms with van der Waals surface area (Å²) >= 11 is 0. The number of halogens is 1. The number of urea groups is 1. The zero-order valence-corrected chi connectivity index (χ0v) is 16.8. The average Bonchev–Trinajstić information content (AvgIpc) is 2.79. The summed E-state index contributed by atoms with van der Waals surface area (Å²) in [5.74, 6) is 0.700. The molecule has 5 nitrogen and oxygen atoms in total. The highest BCUT2D eigenvalue weighted by molar-refractivity contribution is 5.73. The minimum atomic E-state index is -0.275. The summed E-state index contributed by atoms with van der Waals surface area (Å²) in [6.45, 7) is 2.58. The number of nitrogens with one attached hydrogen (secondary N) is 2. The number of rotatable bonds is 6. The Hall–Kier alpha value is -3.41. The molecule has 0 aliphatic carbocycles. The van der Waals surface area contributed by atoms with Gasteiger partial charge in [0.1, 0.15) is 11.6 Å². The van der Waals surface area contributed by atoms with Crippen LogP contribution in [0.4, 0.5) is 15.0 Å². The van der Waals surface area contributed by atoms with E-state index in [4.69, 9.17) is 0 Å². The second-order valence-corrected chi connectivity index (χ2v) is 7.42. The molecule has 1 aliphatic heterocycles. The molecule has 0 radical (unpaired) electrons. The molecule has 4 rings (SSSR count). The molecule has 1 aromatic heterocycles. The van der Waals surface area contributed by atoms with Crippen molar-refractivity contribution in [2.75, 3.05) is 18.0 Å². The fourth-order valence-electron chi connectivity index (χ4n) is 3.66. The normalized spacial score (nSPS) is 12.9. The molecule has 0 unspecified atom stereocenters. The van der Waals surface area contributed by atoms with Gasteiger partial charge in [-0.1, -0.05) is 48.5 Å². The lowest BCUT2D eigenvalue weighted by Gasteiger charge is -2.29. The number of benzene rings is 2. The standard InChI is InChI=1S/C24H25FN4O/c25-22-8-4-3-6-20(22)11-13-26-24(30)28-16-18-9-10-23(27-15-18)29-14-12-19-5-1-2-7-21(19)17-29/h1-10,15H,11-14,16-17H2,(H2,26,28,30). The van der Waals surface area contributed by atoms with E-state index in [0.717, 1.165) is 30.9 Å². The maximum atomic E-state index is 13.6. The Bertz CT molecular complexity index is 1010. The Morgan fingerprint density at radius 1 is 1.00 bits per heavy atom. The lowest BCUT2D eigenvalue weighted by Crippen LogP contribution is -2.36. The smallest absolute Gasteiger partial charge is 0.315 e. The average molecular weight is 404 g/mol. The van der Waals surface area contributed by atoms with E-state index in [1.165, 1.54) is 17.2 Å². The van der Waals surface area contributed by atoms with Crippen molar-refractivity contribution in [3.63, 3.8) is 0 Å². The third-order valence-corrected chi connectivity index (χ3v) is 5.35. The van der Waals surface area contributed by atoms with Gasteiger partial charge < -0.3 is 15.5 Å². The molecule has 154 valence electrons. The van der Waals surface area contributed by atoms with Crippen LogP contribution in [0.15, 0.2) is 66.9 Å². The molecule has 1 aliphatic rings. The highest BCUT2D eigenvalue weighted by Crippen LogP contribution is 2.22. The first-order chi connectivity index (χ1) is 14.7. The topological polar surface area (TPSA) is 57.3 Å². The van der Waals surface area contributed by atoms with Crippen LogP contribution in [0.25, 0.3) is 0 Å². The van der Waals surface area contributed by atoms with E-state index < -0.39 is 0 Å². The third kappa shape index (κ3) is 4.95. The summed E-state index contributed by atoms with van der Waals surface area (Å²) in [5, 5.41) is 5.57. The molecule has 6 heteroatoms. The number of pyridine rings is 1. The summed E-state index contributed by atoms with van der Waals surface area (Å²) in [5.41, 5.74) is 4.29. The van der Waals surface area contributed by atoms with Crippen LogP contribution in [0.2, 0.25) is 0 Å². The van der Waals surface area contributed by atoms with Crippen LogP contribution in [0.3, 0.4) is 0 Å². The second-order valence-electron chi connectivity index (χ2n) is 7.42. The van der Waals surface area contributed by atoms with Gasteiger partial charge >= 0.3 is 6.03 Å². The molecule has 30 heavy (non-hydrogen) atoms. The summed E-state index contributed by atoms with van der Waals surface area (Å²) in [4.78, 5) is 18.8. The number of aromatic nitrogens is 1. The molecular formula is C24H25FN4O. The molecule has 2 aromatic carbocycles. The zero-order valence-electron chi connectivity index (χ0n) is 16.8. The quantitative estimate of drug-likeness (QED) is 0.657. The van der Waals surface area contributed by atoms with Crippen LogP contribution in [-0.4, -0.2) is 24.1 Å². The molecule has 0 saturated heterocycles. The number of nitrogens with zero attached hydrogens (tertiary/aromatic N) is 2. The van der Waals surface area contributed by atoms with Gasteiger partial charge in [0, 0.05) is 32.4 Å². The molecule has 0 bridgehead atoms. The fraction of sp³-hybridized carbons (Fsp3) is 0.250. The van der Waals surface area contributed by atoms with Crippen LogP contribution in [-0.2, 0) is 25.9 Å². The first kappa shape index (κ1) is 19.9. The summed E-state index contributed by atoms with van der Waals surface area (Å²) in [6, 6.07) is 18.8. The van der Waals surface area contributed by atoms with Gasteiger partial charge in [-0.3, -0.25) is 0 Å². The maximum absolute atomic E-state index is 13.6. The minimum absolute atomic E-state index is 0.247. The number of amides is 2. The van der Waals surface area contributed by atoms with Crippen molar-refractivity contribution < 1.29 is 9.18 Å². The lowest BCUT2D eigenvalue weighted by molar-refractivity contribution is 0.240. The molecule has 2 heterocycles. The van der Waals surface area contributed by atoms with Crippen molar-refractivity contribution in [1.82, 2.24) is 15.6 Å². The Labute approximate surface area is 176 Å². The molecule has 2 amide bonds. The minimum Gasteiger partial charge on any atom is -0.352 e. The Morgan fingerprint density at radius 3 is 2.60 bits per heavy atom. The molecular weight excluding hydrogens is 379 g/mol. The number of carbonyl (C=O) groups excluding carboxylic acids is 1. The van der Waals surface area contributed by atoms with E-state index in [1.54, 1.807) is 24.4 Å². The first-order valence-electron chi connectivity index (χ1n) is 10.2. The van der Waals surface area contributed by atoms with E-state index in [9.17, 15) is 9.18 Å². The van der Waals surface area contributed by atoms with Gasteiger partial charge in [-0.15, -0.1) is 0 Å². The van der Waals surface area contributed by atoms with E-state index in [1.807, 2.05) is 12.1 Å². The van der Waals surface area contributed by atoms with Crippen LogP contribution in [0.1, 0.15) is 22.3 Å². The van der Waals surface area contributed by atoms with Gasteiger partial charge in [-0.05, 0) is 47.2 Å². The zero-order chi connectivity index (χ0) is 20.8. The second kappa shape index (κ2) is 9.39. The van der Waals surface area contributed by atoms with Gasteiger partial charge in [0.25, 0.3) is 0 Å². The van der Waals surface area contributed by atoms with Crippen LogP contribution < -0.4 is 15.5 Å². The van der Waals surface area contributed by atoms with Crippen molar-refractivity contribution in [3.05, 3.63) is 94.9 Å². The van der Waals surface area contributed by atoms with E-state index in [0.29, 0.717) is 25.1 Å². The van der Waals surface area contributed by atoms with Gasteiger partial charge in [0.05, 0.1) is 0 Å². The number of carbonyl (C=O) groups is 1. The van der Waals surface area contributed by atoms with Crippen molar-refractivity contribution in [2.45, 2.75) is 25.9 Å². The Morgan fingerprint density at radius 2 is 1.80 bits per heavy atom. The van der Waals surface area contributed by atoms with Crippen molar-refractivity contribution in [3.8, 4) is 0 Å². The van der Waals surface area contributed by atoms with Crippen molar-refractivity contribution in [2.24, 2.45) is 0 Å². The van der Waals surface area contributed by atoms with Crippen LogP contribution >= 0.6 is 0 Å². The van der Waals surface area contributed by atoms with E-state index in [2.05, 4.69) is 44.8 Å². The van der Waals surface area contributed by atoms with Crippen molar-refractivity contribution in [1.29, 1.82) is 0 Å². The lowest BCUT2D eigenvalue weighted by atomic mass is 10.00. The predicted molar refractivity (Wildman–Crippen MR) is 116 cm³/mol. The molecule has 0 saturated carbocycles. The highest BCUT2D eigenvalue weighted by atomic mass is 19.1. The molecule has 0 spiro atoms. The van der Waals surface area contributed by atoms with E-state index in [-0.39, 0.29) is 11.8 Å². The van der Waals surface area contributed by atoms with E-state index >= 15 is 0 Å². The maximum Gasteiger partial charge on any atom is 0.315 e. The Balaban J connectivity index is 1.23. The monoisotopic (exact) mass is 404 g/mol. The van der Waals surface area contributed by atoms with Gasteiger partial charge in [0.15, 0.2) is 0 Å². The summed E-state index contributed by atoms with van der Waals surface area (Å²) < 4.78 is 13.6. The first-order valence-corrected chi connectivity index (χ1v) is 10.2. The fourth-order valence-corrected chi connectivity index (χ4v) is 3.66. The molecule has 2 N–H and O–H groups in total. The molecule has 3 aromatic rings. The van der Waals surface area contributed by atoms with Gasteiger partial charge in [-0.2, -0.15) is 0 Å². The largest absolute Gasteiger partial charge is 0.352 e. The Kier molecular flexibility index (Phi) is 6.23.